The van der Waals surface area contributed by atoms with Gasteiger partial charge in [-0.05, 0) is 27.2 Å². The van der Waals surface area contributed by atoms with Crippen LogP contribution in [-0.2, 0) is 4.74 Å². The summed E-state index contributed by atoms with van der Waals surface area (Å²) in [7, 11) is 0. The summed E-state index contributed by atoms with van der Waals surface area (Å²) in [6.45, 7) is 8.43. The van der Waals surface area contributed by atoms with Crippen molar-refractivity contribution in [3.05, 3.63) is 0 Å². The molecule has 0 fully saturated rings. The molecule has 0 saturated carbocycles. The van der Waals surface area contributed by atoms with Crippen LogP contribution >= 0.6 is 0 Å². The molecule has 3 N–H and O–H groups in total. The van der Waals surface area contributed by atoms with E-state index in [0.29, 0.717) is 6.54 Å². The molecular weight excluding hydrogens is 214 g/mol. The molecule has 17 heavy (non-hydrogen) atoms. The Bertz CT molecular complexity index is 185. The van der Waals surface area contributed by atoms with Crippen LogP contribution in [0.3, 0.4) is 0 Å². The van der Waals surface area contributed by atoms with E-state index in [0.717, 1.165) is 12.8 Å². The van der Waals surface area contributed by atoms with Gasteiger partial charge >= 0.3 is 0 Å². The van der Waals surface area contributed by atoms with Crippen molar-refractivity contribution in [1.82, 2.24) is 0 Å². The molecule has 3 nitrogen and oxygen atoms in total. The zero-order chi connectivity index (χ0) is 13.3. The second-order valence-corrected chi connectivity index (χ2v) is 5.38. The van der Waals surface area contributed by atoms with Gasteiger partial charge in [0.1, 0.15) is 0 Å². The Balaban J connectivity index is 3.92. The van der Waals surface area contributed by atoms with Gasteiger partial charge in [0.25, 0.3) is 0 Å². The lowest BCUT2D eigenvalue weighted by molar-refractivity contribution is -0.114. The highest BCUT2D eigenvalue weighted by Crippen LogP contribution is 2.21. The van der Waals surface area contributed by atoms with Crippen LogP contribution in [0.2, 0.25) is 0 Å². The maximum atomic E-state index is 9.46. The van der Waals surface area contributed by atoms with Crippen molar-refractivity contribution in [2.45, 2.75) is 84.0 Å². The standard InChI is InChI=1S/C14H31NO2/c1-5-6-7-8-9-10-14(4,11-15)17-13(3)12(2)16/h12-13,16H,5-11,15H2,1-4H3. The smallest absolute Gasteiger partial charge is 0.0811 e. The summed E-state index contributed by atoms with van der Waals surface area (Å²) in [4.78, 5) is 0. The maximum absolute atomic E-state index is 9.46. The predicted molar refractivity (Wildman–Crippen MR) is 73.1 cm³/mol. The lowest BCUT2D eigenvalue weighted by Crippen LogP contribution is -2.42. The first kappa shape index (κ1) is 16.9. The third-order valence-electron chi connectivity index (χ3n) is 3.39. The Morgan fingerprint density at radius 1 is 1.18 bits per heavy atom. The van der Waals surface area contributed by atoms with Crippen LogP contribution in [0.15, 0.2) is 0 Å². The van der Waals surface area contributed by atoms with Gasteiger partial charge in [0, 0.05) is 6.54 Å². The summed E-state index contributed by atoms with van der Waals surface area (Å²) in [5, 5.41) is 9.46. The highest BCUT2D eigenvalue weighted by atomic mass is 16.5. The molecule has 0 heterocycles. The van der Waals surface area contributed by atoms with Crippen molar-refractivity contribution < 1.29 is 9.84 Å². The van der Waals surface area contributed by atoms with Gasteiger partial charge < -0.3 is 15.6 Å². The third-order valence-corrected chi connectivity index (χ3v) is 3.39. The number of hydrogen-bond donors (Lipinski definition) is 2. The van der Waals surface area contributed by atoms with Crippen molar-refractivity contribution in [3.8, 4) is 0 Å². The van der Waals surface area contributed by atoms with Crippen LogP contribution in [0.5, 0.6) is 0 Å². The summed E-state index contributed by atoms with van der Waals surface area (Å²) in [6, 6.07) is 0. The highest BCUT2D eigenvalue weighted by Gasteiger charge is 2.26. The largest absolute Gasteiger partial charge is 0.391 e. The molecule has 0 amide bonds. The molecule has 3 atom stereocenters. The fourth-order valence-corrected chi connectivity index (χ4v) is 1.86. The lowest BCUT2D eigenvalue weighted by atomic mass is 9.97. The number of aliphatic hydroxyl groups excluding tert-OH is 1. The fraction of sp³-hybridized carbons (Fsp3) is 1.00. The van der Waals surface area contributed by atoms with E-state index >= 15 is 0 Å². The second kappa shape index (κ2) is 8.90. The van der Waals surface area contributed by atoms with E-state index in [1.54, 1.807) is 6.92 Å². The Morgan fingerprint density at radius 3 is 2.24 bits per heavy atom. The second-order valence-electron chi connectivity index (χ2n) is 5.38. The van der Waals surface area contributed by atoms with Crippen LogP contribution in [0, 0.1) is 0 Å². The molecule has 0 aliphatic rings. The van der Waals surface area contributed by atoms with Crippen LogP contribution in [-0.4, -0.2) is 29.5 Å². The molecule has 0 saturated heterocycles. The molecule has 104 valence electrons. The van der Waals surface area contributed by atoms with Gasteiger partial charge in [0.15, 0.2) is 0 Å². The highest BCUT2D eigenvalue weighted by molar-refractivity contribution is 4.78. The Hall–Kier alpha value is -0.120. The fourth-order valence-electron chi connectivity index (χ4n) is 1.86. The van der Waals surface area contributed by atoms with Crippen LogP contribution < -0.4 is 5.73 Å². The zero-order valence-corrected chi connectivity index (χ0v) is 12.0. The van der Waals surface area contributed by atoms with Gasteiger partial charge in [-0.25, -0.2) is 0 Å². The number of nitrogens with two attached hydrogens (primary N) is 1. The first-order valence-electron chi connectivity index (χ1n) is 7.01. The van der Waals surface area contributed by atoms with Gasteiger partial charge in [0.2, 0.25) is 0 Å². The van der Waals surface area contributed by atoms with E-state index in [-0.39, 0.29) is 11.7 Å². The number of aliphatic hydroxyl groups is 1. The number of hydrogen-bond acceptors (Lipinski definition) is 3. The van der Waals surface area contributed by atoms with Crippen molar-refractivity contribution in [2.24, 2.45) is 5.73 Å². The van der Waals surface area contributed by atoms with Crippen LogP contribution in [0.25, 0.3) is 0 Å². The minimum absolute atomic E-state index is 0.154. The SMILES string of the molecule is CCCCCCCC(C)(CN)OC(C)C(C)O. The summed E-state index contributed by atoms with van der Waals surface area (Å²) < 4.78 is 5.88. The average Bonchev–Trinajstić information content (AvgIpc) is 2.28. The average molecular weight is 245 g/mol. The minimum atomic E-state index is -0.444. The first-order valence-corrected chi connectivity index (χ1v) is 7.01. The van der Waals surface area contributed by atoms with Gasteiger partial charge in [-0.1, -0.05) is 39.0 Å². The third kappa shape index (κ3) is 7.74. The molecule has 0 rings (SSSR count). The van der Waals surface area contributed by atoms with Crippen LogP contribution in [0.1, 0.15) is 66.2 Å². The van der Waals surface area contributed by atoms with E-state index in [2.05, 4.69) is 6.92 Å². The predicted octanol–water partition coefficient (Wildman–Crippen LogP) is 2.85. The minimum Gasteiger partial charge on any atom is -0.391 e. The molecule has 0 spiro atoms. The molecule has 0 radical (unpaired) electrons. The van der Waals surface area contributed by atoms with Crippen LogP contribution in [0.4, 0.5) is 0 Å². The molecule has 0 aromatic heterocycles. The number of rotatable bonds is 10. The van der Waals surface area contributed by atoms with E-state index in [1.165, 1.54) is 25.7 Å². The molecule has 0 aromatic carbocycles. The van der Waals surface area contributed by atoms with E-state index in [4.69, 9.17) is 10.5 Å². The Labute approximate surface area is 107 Å². The summed E-state index contributed by atoms with van der Waals surface area (Å²) >= 11 is 0. The molecular formula is C14H31NO2. The molecule has 0 aromatic rings. The first-order chi connectivity index (χ1) is 7.95. The quantitative estimate of drug-likeness (QED) is 0.582. The van der Waals surface area contributed by atoms with E-state index in [1.807, 2.05) is 13.8 Å². The molecule has 0 aliphatic carbocycles. The summed E-state index contributed by atoms with van der Waals surface area (Å²) in [6.07, 6.45) is 6.65. The van der Waals surface area contributed by atoms with E-state index < -0.39 is 6.10 Å². The van der Waals surface area contributed by atoms with Crippen molar-refractivity contribution in [1.29, 1.82) is 0 Å². The zero-order valence-electron chi connectivity index (χ0n) is 12.0. The van der Waals surface area contributed by atoms with Gasteiger partial charge in [-0.3, -0.25) is 0 Å². The molecule has 3 heteroatoms. The number of unbranched alkanes of at least 4 members (excludes halogenated alkanes) is 4. The van der Waals surface area contributed by atoms with Crippen molar-refractivity contribution in [3.63, 3.8) is 0 Å². The van der Waals surface area contributed by atoms with E-state index in [9.17, 15) is 5.11 Å². The Morgan fingerprint density at radius 2 is 1.76 bits per heavy atom. The molecule has 0 aliphatic heterocycles. The van der Waals surface area contributed by atoms with Gasteiger partial charge in [0.05, 0.1) is 17.8 Å². The topological polar surface area (TPSA) is 55.5 Å². The van der Waals surface area contributed by atoms with Crippen molar-refractivity contribution >= 4 is 0 Å². The summed E-state index contributed by atoms with van der Waals surface area (Å²) in [5.41, 5.74) is 5.50. The molecule has 0 bridgehead atoms. The monoisotopic (exact) mass is 245 g/mol. The van der Waals surface area contributed by atoms with Gasteiger partial charge in [-0.15, -0.1) is 0 Å². The number of ether oxygens (including phenoxy) is 1. The normalized spacial score (nSPS) is 18.7. The Kier molecular flexibility index (Phi) is 8.83. The molecule has 3 unspecified atom stereocenters. The van der Waals surface area contributed by atoms with Crippen molar-refractivity contribution in [2.75, 3.05) is 6.54 Å². The maximum Gasteiger partial charge on any atom is 0.0811 e. The lowest BCUT2D eigenvalue weighted by Gasteiger charge is -2.33. The summed E-state index contributed by atoms with van der Waals surface area (Å²) in [5.74, 6) is 0. The van der Waals surface area contributed by atoms with Gasteiger partial charge in [-0.2, -0.15) is 0 Å².